The van der Waals surface area contributed by atoms with E-state index < -0.39 is 9.84 Å². The second-order valence-corrected chi connectivity index (χ2v) is 6.09. The van der Waals surface area contributed by atoms with Crippen LogP contribution in [0.25, 0.3) is 0 Å². The lowest BCUT2D eigenvalue weighted by Crippen LogP contribution is -2.26. The molecule has 0 aromatic carbocycles. The lowest BCUT2D eigenvalue weighted by atomic mass is 10.4. The van der Waals surface area contributed by atoms with Crippen LogP contribution in [0, 0.1) is 0 Å². The van der Waals surface area contributed by atoms with Crippen LogP contribution in [0.2, 0.25) is 0 Å². The summed E-state index contributed by atoms with van der Waals surface area (Å²) in [5, 5.41) is 0. The van der Waals surface area contributed by atoms with Crippen LogP contribution in [0.5, 0.6) is 0 Å². The number of hydrogen-bond acceptors (Lipinski definition) is 5. The van der Waals surface area contributed by atoms with Crippen molar-refractivity contribution in [1.29, 1.82) is 0 Å². The van der Waals surface area contributed by atoms with Gasteiger partial charge in [-0.15, -0.1) is 0 Å². The van der Waals surface area contributed by atoms with Crippen LogP contribution in [0.4, 0.5) is 5.88 Å². The van der Waals surface area contributed by atoms with Gasteiger partial charge in [0, 0.05) is 19.2 Å². The fourth-order valence-corrected chi connectivity index (χ4v) is 3.01. The summed E-state index contributed by atoms with van der Waals surface area (Å²) in [6.45, 7) is 1.07. The fourth-order valence-electron chi connectivity index (χ4n) is 1.73. The van der Waals surface area contributed by atoms with Crippen molar-refractivity contribution in [2.24, 2.45) is 0 Å². The Hall–Kier alpha value is -1.30. The molecule has 0 aliphatic carbocycles. The van der Waals surface area contributed by atoms with Gasteiger partial charge in [0.15, 0.2) is 27.8 Å². The first-order valence-electron chi connectivity index (χ1n) is 5.11. The molecular formula is C10H13NO4S. The molecule has 0 bridgehead atoms. The van der Waals surface area contributed by atoms with Crippen LogP contribution in [0.15, 0.2) is 16.5 Å². The standard InChI is InChI=1S/C10H13NO4S/c12-8-9-2-3-10(15-9)11-4-1-6-16(13,14)7-5-11/h2-3,8H,1,4-7H2. The van der Waals surface area contributed by atoms with E-state index >= 15 is 0 Å². The van der Waals surface area contributed by atoms with E-state index in [-0.39, 0.29) is 17.3 Å². The van der Waals surface area contributed by atoms with Gasteiger partial charge in [-0.2, -0.15) is 0 Å². The summed E-state index contributed by atoms with van der Waals surface area (Å²) in [6, 6.07) is 3.28. The second-order valence-electron chi connectivity index (χ2n) is 3.79. The minimum absolute atomic E-state index is 0.143. The number of rotatable bonds is 2. The number of nitrogens with zero attached hydrogens (tertiary/aromatic N) is 1. The van der Waals surface area contributed by atoms with Crippen molar-refractivity contribution in [3.63, 3.8) is 0 Å². The number of sulfone groups is 1. The highest BCUT2D eigenvalue weighted by atomic mass is 32.2. The maximum absolute atomic E-state index is 11.4. The van der Waals surface area contributed by atoms with Crippen LogP contribution >= 0.6 is 0 Å². The summed E-state index contributed by atoms with van der Waals surface area (Å²) in [7, 11) is -2.91. The zero-order valence-electron chi connectivity index (χ0n) is 8.76. The number of carbonyl (C=O) groups is 1. The molecule has 6 heteroatoms. The van der Waals surface area contributed by atoms with Gasteiger partial charge in [0.2, 0.25) is 0 Å². The predicted octanol–water partition coefficient (Wildman–Crippen LogP) is 0.717. The molecule has 0 atom stereocenters. The van der Waals surface area contributed by atoms with Crippen molar-refractivity contribution in [3.8, 4) is 0 Å². The van der Waals surface area contributed by atoms with Gasteiger partial charge in [-0.1, -0.05) is 0 Å². The minimum atomic E-state index is -2.91. The molecule has 88 valence electrons. The number of anilines is 1. The third-order valence-electron chi connectivity index (χ3n) is 2.60. The van der Waals surface area contributed by atoms with Crippen molar-refractivity contribution >= 4 is 22.0 Å². The maximum atomic E-state index is 11.4. The Kier molecular flexibility index (Phi) is 3.00. The van der Waals surface area contributed by atoms with Gasteiger partial charge in [0.1, 0.15) is 0 Å². The van der Waals surface area contributed by atoms with Gasteiger partial charge in [-0.25, -0.2) is 8.42 Å². The Morgan fingerprint density at radius 3 is 2.75 bits per heavy atom. The molecule has 1 aromatic rings. The van der Waals surface area contributed by atoms with E-state index in [0.29, 0.717) is 31.7 Å². The van der Waals surface area contributed by atoms with Gasteiger partial charge in [-0.05, 0) is 12.5 Å². The molecule has 0 spiro atoms. The lowest BCUT2D eigenvalue weighted by Gasteiger charge is -2.17. The molecule has 1 aliphatic heterocycles. The molecule has 0 amide bonds. The van der Waals surface area contributed by atoms with Crippen molar-refractivity contribution in [2.45, 2.75) is 6.42 Å². The first-order valence-corrected chi connectivity index (χ1v) is 6.93. The van der Waals surface area contributed by atoms with Crippen molar-refractivity contribution in [2.75, 3.05) is 29.5 Å². The molecule has 0 unspecified atom stereocenters. The Balaban J connectivity index is 2.13. The molecule has 0 N–H and O–H groups in total. The Labute approximate surface area is 94.0 Å². The summed E-state index contributed by atoms with van der Waals surface area (Å²) in [6.07, 6.45) is 1.23. The lowest BCUT2D eigenvalue weighted by molar-refractivity contribution is 0.110. The van der Waals surface area contributed by atoms with Crippen LogP contribution < -0.4 is 4.90 Å². The van der Waals surface area contributed by atoms with E-state index in [1.807, 2.05) is 4.90 Å². The van der Waals surface area contributed by atoms with Crippen LogP contribution in [-0.2, 0) is 9.84 Å². The van der Waals surface area contributed by atoms with Crippen molar-refractivity contribution in [1.82, 2.24) is 0 Å². The molecule has 16 heavy (non-hydrogen) atoms. The normalized spacial score (nSPS) is 20.4. The van der Waals surface area contributed by atoms with E-state index in [4.69, 9.17) is 4.42 Å². The molecule has 0 saturated carbocycles. The number of carbonyl (C=O) groups excluding carboxylic acids is 1. The first-order chi connectivity index (χ1) is 7.61. The summed E-state index contributed by atoms with van der Waals surface area (Å²) in [5.74, 6) is 1.20. The zero-order chi connectivity index (χ0) is 11.6. The van der Waals surface area contributed by atoms with E-state index in [1.54, 1.807) is 12.1 Å². The molecule has 5 nitrogen and oxygen atoms in total. The highest BCUT2D eigenvalue weighted by Crippen LogP contribution is 2.19. The maximum Gasteiger partial charge on any atom is 0.196 e. The van der Waals surface area contributed by atoms with Crippen LogP contribution in [0.1, 0.15) is 17.0 Å². The average molecular weight is 243 g/mol. The van der Waals surface area contributed by atoms with Gasteiger partial charge < -0.3 is 9.32 Å². The topological polar surface area (TPSA) is 67.6 Å². The number of furan rings is 1. The highest BCUT2D eigenvalue weighted by molar-refractivity contribution is 7.91. The predicted molar refractivity (Wildman–Crippen MR) is 59.6 cm³/mol. The molecule has 1 fully saturated rings. The number of aldehydes is 1. The molecule has 1 aliphatic rings. The van der Waals surface area contributed by atoms with Gasteiger partial charge in [0.05, 0.1) is 11.5 Å². The van der Waals surface area contributed by atoms with Crippen LogP contribution in [0.3, 0.4) is 0 Å². The molecule has 2 rings (SSSR count). The van der Waals surface area contributed by atoms with Gasteiger partial charge >= 0.3 is 0 Å². The monoisotopic (exact) mass is 243 g/mol. The Bertz CT molecular complexity index is 477. The molecule has 0 radical (unpaired) electrons. The van der Waals surface area contributed by atoms with Gasteiger partial charge in [-0.3, -0.25) is 4.79 Å². The third-order valence-corrected chi connectivity index (χ3v) is 4.31. The molecule has 2 heterocycles. The fraction of sp³-hybridized carbons (Fsp3) is 0.500. The first kappa shape index (κ1) is 11.2. The smallest absolute Gasteiger partial charge is 0.196 e. The van der Waals surface area contributed by atoms with E-state index in [0.717, 1.165) is 0 Å². The van der Waals surface area contributed by atoms with E-state index in [9.17, 15) is 13.2 Å². The molecule has 1 saturated heterocycles. The van der Waals surface area contributed by atoms with E-state index in [1.165, 1.54) is 0 Å². The number of hydrogen-bond donors (Lipinski definition) is 0. The van der Waals surface area contributed by atoms with Crippen molar-refractivity contribution < 1.29 is 17.6 Å². The zero-order valence-corrected chi connectivity index (χ0v) is 9.57. The quantitative estimate of drug-likeness (QED) is 0.716. The summed E-state index contributed by atoms with van der Waals surface area (Å²) >= 11 is 0. The Morgan fingerprint density at radius 2 is 2.06 bits per heavy atom. The second kappa shape index (κ2) is 4.29. The Morgan fingerprint density at radius 1 is 1.25 bits per heavy atom. The third kappa shape index (κ3) is 2.44. The van der Waals surface area contributed by atoms with Crippen LogP contribution in [-0.4, -0.2) is 39.3 Å². The van der Waals surface area contributed by atoms with E-state index in [2.05, 4.69) is 0 Å². The SMILES string of the molecule is O=Cc1ccc(N2CCCS(=O)(=O)CC2)o1. The molecule has 1 aromatic heterocycles. The van der Waals surface area contributed by atoms with Crippen molar-refractivity contribution in [3.05, 3.63) is 17.9 Å². The molecular weight excluding hydrogens is 230 g/mol. The average Bonchev–Trinajstić information content (AvgIpc) is 2.64. The largest absolute Gasteiger partial charge is 0.438 e. The summed E-state index contributed by atoms with van der Waals surface area (Å²) < 4.78 is 28.0. The van der Waals surface area contributed by atoms with Gasteiger partial charge in [0.25, 0.3) is 0 Å². The summed E-state index contributed by atoms with van der Waals surface area (Å²) in [5.41, 5.74) is 0. The summed E-state index contributed by atoms with van der Waals surface area (Å²) in [4.78, 5) is 12.3. The minimum Gasteiger partial charge on any atom is -0.438 e. The highest BCUT2D eigenvalue weighted by Gasteiger charge is 2.20.